The van der Waals surface area contributed by atoms with Crippen LogP contribution in [-0.4, -0.2) is 33.5 Å². The molecule has 0 saturated carbocycles. The zero-order valence-corrected chi connectivity index (χ0v) is 11.4. The molecule has 102 valence electrons. The van der Waals surface area contributed by atoms with Gasteiger partial charge in [0.15, 0.2) is 11.5 Å². The van der Waals surface area contributed by atoms with Gasteiger partial charge in [0, 0.05) is 12.1 Å². The number of hydrogen-bond acceptors (Lipinski definition) is 5. The summed E-state index contributed by atoms with van der Waals surface area (Å²) >= 11 is 0. The summed E-state index contributed by atoms with van der Waals surface area (Å²) in [6.45, 7) is 4.92. The lowest BCUT2D eigenvalue weighted by molar-refractivity contribution is 0.0554. The second-order valence-corrected chi connectivity index (χ2v) is 4.01. The van der Waals surface area contributed by atoms with Crippen LogP contribution in [0.25, 0.3) is 0 Å². The molecule has 1 aromatic rings. The maximum Gasteiger partial charge on any atom is 0.164 e. The second-order valence-electron chi connectivity index (χ2n) is 4.01. The summed E-state index contributed by atoms with van der Waals surface area (Å²) in [4.78, 5) is 0. The highest BCUT2D eigenvalue weighted by molar-refractivity contribution is 5.61. The van der Waals surface area contributed by atoms with E-state index in [-0.39, 0.29) is 6.10 Å². The van der Waals surface area contributed by atoms with E-state index in [1.807, 2.05) is 13.8 Å². The highest BCUT2D eigenvalue weighted by atomic mass is 16.5. The van der Waals surface area contributed by atoms with Crippen molar-refractivity contribution in [2.45, 2.75) is 20.0 Å². The molecule has 0 radical (unpaired) electrons. The number of ether oxygens (including phenoxy) is 4. The third-order valence-corrected chi connectivity index (χ3v) is 2.31. The molecule has 0 bridgehead atoms. The molecule has 0 amide bonds. The molecule has 18 heavy (non-hydrogen) atoms. The minimum absolute atomic E-state index is 0.191. The topological polar surface area (TPSA) is 62.9 Å². The van der Waals surface area contributed by atoms with Crippen LogP contribution >= 0.6 is 0 Å². The summed E-state index contributed by atoms with van der Waals surface area (Å²) < 4.78 is 21.3. The summed E-state index contributed by atoms with van der Waals surface area (Å²) in [6, 6.07) is 3.39. The van der Waals surface area contributed by atoms with Gasteiger partial charge in [0.2, 0.25) is 0 Å². The van der Waals surface area contributed by atoms with Crippen LogP contribution in [0.3, 0.4) is 0 Å². The molecule has 5 nitrogen and oxygen atoms in total. The van der Waals surface area contributed by atoms with Crippen LogP contribution in [0.2, 0.25) is 0 Å². The Morgan fingerprint density at radius 3 is 2.17 bits per heavy atom. The highest BCUT2D eigenvalue weighted by Gasteiger charge is 2.10. The molecule has 0 unspecified atom stereocenters. The lowest BCUT2D eigenvalue weighted by Gasteiger charge is -2.14. The average molecular weight is 255 g/mol. The van der Waals surface area contributed by atoms with E-state index >= 15 is 0 Å². The van der Waals surface area contributed by atoms with Gasteiger partial charge < -0.3 is 24.7 Å². The monoisotopic (exact) mass is 255 g/mol. The van der Waals surface area contributed by atoms with Gasteiger partial charge in [0.1, 0.15) is 12.4 Å². The first-order chi connectivity index (χ1) is 8.58. The van der Waals surface area contributed by atoms with Gasteiger partial charge in [-0.3, -0.25) is 0 Å². The van der Waals surface area contributed by atoms with E-state index in [4.69, 9.17) is 24.7 Å². The Labute approximate surface area is 108 Å². The first kappa shape index (κ1) is 14.4. The summed E-state index contributed by atoms with van der Waals surface area (Å²) in [7, 11) is 3.13. The molecule has 0 aromatic heterocycles. The van der Waals surface area contributed by atoms with Gasteiger partial charge >= 0.3 is 0 Å². The van der Waals surface area contributed by atoms with Crippen molar-refractivity contribution < 1.29 is 18.9 Å². The van der Waals surface area contributed by atoms with Crippen LogP contribution in [0.1, 0.15) is 13.8 Å². The summed E-state index contributed by atoms with van der Waals surface area (Å²) in [6.07, 6.45) is 0.191. The normalized spacial score (nSPS) is 10.5. The quantitative estimate of drug-likeness (QED) is 0.597. The largest absolute Gasteiger partial charge is 0.493 e. The zero-order chi connectivity index (χ0) is 13.5. The van der Waals surface area contributed by atoms with Crippen molar-refractivity contribution in [1.82, 2.24) is 0 Å². The molecule has 0 fully saturated rings. The van der Waals surface area contributed by atoms with Crippen molar-refractivity contribution in [3.8, 4) is 17.2 Å². The molecule has 5 heteroatoms. The van der Waals surface area contributed by atoms with E-state index in [1.165, 1.54) is 0 Å². The number of methoxy groups -OCH3 is 2. The van der Waals surface area contributed by atoms with E-state index in [2.05, 4.69) is 0 Å². The van der Waals surface area contributed by atoms with Gasteiger partial charge in [-0.05, 0) is 13.8 Å². The Hall–Kier alpha value is -1.62. The van der Waals surface area contributed by atoms with E-state index in [1.54, 1.807) is 26.4 Å². The van der Waals surface area contributed by atoms with Gasteiger partial charge in [0.05, 0.1) is 32.6 Å². The van der Waals surface area contributed by atoms with Crippen molar-refractivity contribution in [1.29, 1.82) is 0 Å². The summed E-state index contributed by atoms with van der Waals surface area (Å²) in [5.41, 5.74) is 6.37. The maximum atomic E-state index is 5.86. The molecular formula is C13H21NO4. The minimum atomic E-state index is 0.191. The molecule has 1 rings (SSSR count). The molecule has 0 heterocycles. The van der Waals surface area contributed by atoms with Crippen molar-refractivity contribution in [3.63, 3.8) is 0 Å². The fourth-order valence-corrected chi connectivity index (χ4v) is 1.44. The fraction of sp³-hybridized carbons (Fsp3) is 0.538. The van der Waals surface area contributed by atoms with Crippen LogP contribution in [0.15, 0.2) is 12.1 Å². The molecule has 1 aromatic carbocycles. The van der Waals surface area contributed by atoms with Gasteiger partial charge in [-0.25, -0.2) is 0 Å². The molecule has 2 N–H and O–H groups in total. The van der Waals surface area contributed by atoms with E-state index in [9.17, 15) is 0 Å². The SMILES string of the molecule is COc1cc(N)c(OCCOC(C)C)cc1OC. The lowest BCUT2D eigenvalue weighted by atomic mass is 10.2. The molecule has 0 spiro atoms. The number of nitrogen functional groups attached to an aromatic ring is 1. The number of hydrogen-bond donors (Lipinski definition) is 1. The smallest absolute Gasteiger partial charge is 0.164 e. The van der Waals surface area contributed by atoms with E-state index in [0.717, 1.165) is 0 Å². The van der Waals surface area contributed by atoms with Crippen LogP contribution in [0.4, 0.5) is 5.69 Å². The van der Waals surface area contributed by atoms with Gasteiger partial charge in [-0.2, -0.15) is 0 Å². The molecule has 0 atom stereocenters. The van der Waals surface area contributed by atoms with Crippen molar-refractivity contribution >= 4 is 5.69 Å². The number of nitrogens with two attached hydrogens (primary N) is 1. The minimum Gasteiger partial charge on any atom is -0.493 e. The summed E-state index contributed by atoms with van der Waals surface area (Å²) in [5.74, 6) is 1.74. The van der Waals surface area contributed by atoms with Crippen LogP contribution in [0.5, 0.6) is 17.2 Å². The number of anilines is 1. The molecule has 0 saturated heterocycles. The second kappa shape index (κ2) is 6.96. The fourth-order valence-electron chi connectivity index (χ4n) is 1.44. The standard InChI is InChI=1S/C13H21NO4/c1-9(2)17-5-6-18-11-8-13(16-4)12(15-3)7-10(11)14/h7-9H,5-6,14H2,1-4H3. The van der Waals surface area contributed by atoms with Gasteiger partial charge in [0.25, 0.3) is 0 Å². The Balaban J connectivity index is 2.65. The number of rotatable bonds is 7. The van der Waals surface area contributed by atoms with Crippen molar-refractivity contribution in [2.24, 2.45) is 0 Å². The predicted molar refractivity (Wildman–Crippen MR) is 70.5 cm³/mol. The first-order valence-corrected chi connectivity index (χ1v) is 5.84. The van der Waals surface area contributed by atoms with Crippen LogP contribution in [-0.2, 0) is 4.74 Å². The third-order valence-electron chi connectivity index (χ3n) is 2.31. The average Bonchev–Trinajstić information content (AvgIpc) is 2.35. The molecule has 0 aliphatic rings. The Morgan fingerprint density at radius 1 is 1.00 bits per heavy atom. The van der Waals surface area contributed by atoms with Crippen LogP contribution in [0, 0.1) is 0 Å². The molecular weight excluding hydrogens is 234 g/mol. The Morgan fingerprint density at radius 2 is 1.61 bits per heavy atom. The van der Waals surface area contributed by atoms with E-state index < -0.39 is 0 Å². The molecule has 0 aliphatic heterocycles. The van der Waals surface area contributed by atoms with Gasteiger partial charge in [-0.15, -0.1) is 0 Å². The maximum absolute atomic E-state index is 5.86. The summed E-state index contributed by atoms with van der Waals surface area (Å²) in [5, 5.41) is 0. The van der Waals surface area contributed by atoms with Crippen molar-refractivity contribution in [3.05, 3.63) is 12.1 Å². The first-order valence-electron chi connectivity index (χ1n) is 5.84. The van der Waals surface area contributed by atoms with Gasteiger partial charge in [-0.1, -0.05) is 0 Å². The van der Waals surface area contributed by atoms with Crippen molar-refractivity contribution in [2.75, 3.05) is 33.2 Å². The Kier molecular flexibility index (Phi) is 5.58. The number of benzene rings is 1. The predicted octanol–water partition coefficient (Wildman–Crippen LogP) is 2.09. The van der Waals surface area contributed by atoms with E-state index in [0.29, 0.717) is 36.1 Å². The van der Waals surface area contributed by atoms with Crippen LogP contribution < -0.4 is 19.9 Å². The molecule has 0 aliphatic carbocycles. The zero-order valence-electron chi connectivity index (χ0n) is 11.4. The third kappa shape index (κ3) is 4.00. The highest BCUT2D eigenvalue weighted by Crippen LogP contribution is 2.36. The lowest BCUT2D eigenvalue weighted by Crippen LogP contribution is -2.12. The Bertz CT molecular complexity index is 379.